The largest absolute Gasteiger partial charge is 0.390 e. The first kappa shape index (κ1) is 8.72. The van der Waals surface area contributed by atoms with E-state index in [1.165, 1.54) is 0 Å². The molecule has 2 nitrogen and oxygen atoms in total. The molecular formula is C9H16O2. The van der Waals surface area contributed by atoms with Crippen molar-refractivity contribution in [3.05, 3.63) is 0 Å². The van der Waals surface area contributed by atoms with Gasteiger partial charge in [0.05, 0.1) is 5.60 Å². The minimum absolute atomic E-state index is 0.0150. The van der Waals surface area contributed by atoms with Crippen LogP contribution in [0.5, 0.6) is 0 Å². The summed E-state index contributed by atoms with van der Waals surface area (Å²) in [5.41, 5.74) is -0.780. The number of hydrogen-bond donors (Lipinski definition) is 1. The van der Waals surface area contributed by atoms with E-state index < -0.39 is 5.60 Å². The summed E-state index contributed by atoms with van der Waals surface area (Å²) in [6.07, 6.45) is 1.67. The van der Waals surface area contributed by atoms with Gasteiger partial charge in [0.2, 0.25) is 0 Å². The summed E-state index contributed by atoms with van der Waals surface area (Å²) < 4.78 is 0. The Bertz CT molecular complexity index is 162. The average molecular weight is 156 g/mol. The smallest absolute Gasteiger partial charge is 0.136 e. The zero-order valence-electron chi connectivity index (χ0n) is 7.48. The van der Waals surface area contributed by atoms with Gasteiger partial charge in [0.15, 0.2) is 0 Å². The third kappa shape index (κ3) is 2.29. The van der Waals surface area contributed by atoms with Gasteiger partial charge in [-0.15, -0.1) is 0 Å². The van der Waals surface area contributed by atoms with Gasteiger partial charge < -0.3 is 5.11 Å². The summed E-state index contributed by atoms with van der Waals surface area (Å²) in [6.45, 7) is 5.79. The molecule has 1 fully saturated rings. The normalized spacial score (nSPS) is 37.3. The van der Waals surface area contributed by atoms with Crippen molar-refractivity contribution in [1.29, 1.82) is 0 Å². The first-order valence-electron chi connectivity index (χ1n) is 4.05. The van der Waals surface area contributed by atoms with E-state index in [4.69, 9.17) is 0 Å². The number of Topliss-reactive ketones (excluding diaryl/α,β-unsaturated/α-hetero) is 1. The van der Waals surface area contributed by atoms with E-state index in [1.54, 1.807) is 6.92 Å². The third-order valence-corrected chi connectivity index (χ3v) is 2.11. The fourth-order valence-corrected chi connectivity index (χ4v) is 2.18. The second-order valence-electron chi connectivity index (χ2n) is 4.73. The van der Waals surface area contributed by atoms with Crippen LogP contribution in [-0.4, -0.2) is 16.5 Å². The maximum absolute atomic E-state index is 11.1. The molecule has 11 heavy (non-hydrogen) atoms. The molecule has 0 aliphatic heterocycles. The molecule has 2 heteroatoms. The van der Waals surface area contributed by atoms with Crippen molar-refractivity contribution in [1.82, 2.24) is 0 Å². The van der Waals surface area contributed by atoms with Crippen molar-refractivity contribution in [3.63, 3.8) is 0 Å². The van der Waals surface area contributed by atoms with E-state index in [9.17, 15) is 9.90 Å². The van der Waals surface area contributed by atoms with Gasteiger partial charge in [0.1, 0.15) is 5.78 Å². The molecule has 1 atom stereocenters. The van der Waals surface area contributed by atoms with Crippen LogP contribution in [-0.2, 0) is 4.79 Å². The first-order chi connectivity index (χ1) is 4.81. The minimum atomic E-state index is -0.765. The summed E-state index contributed by atoms with van der Waals surface area (Å²) >= 11 is 0. The van der Waals surface area contributed by atoms with Crippen LogP contribution < -0.4 is 0 Å². The molecule has 64 valence electrons. The fraction of sp³-hybridized carbons (Fsp3) is 0.889. The van der Waals surface area contributed by atoms with E-state index in [-0.39, 0.29) is 11.2 Å². The second kappa shape index (κ2) is 2.31. The van der Waals surface area contributed by atoms with Crippen LogP contribution in [0.3, 0.4) is 0 Å². The summed E-state index contributed by atoms with van der Waals surface area (Å²) in [4.78, 5) is 11.1. The van der Waals surface area contributed by atoms with Gasteiger partial charge in [-0.05, 0) is 18.8 Å². The topological polar surface area (TPSA) is 37.3 Å². The van der Waals surface area contributed by atoms with E-state index >= 15 is 0 Å². The second-order valence-corrected chi connectivity index (χ2v) is 4.73. The molecular weight excluding hydrogens is 140 g/mol. The van der Waals surface area contributed by atoms with Crippen LogP contribution in [0.2, 0.25) is 0 Å². The van der Waals surface area contributed by atoms with E-state index in [0.717, 1.165) is 6.42 Å². The molecule has 0 saturated heterocycles. The quantitative estimate of drug-likeness (QED) is 0.577. The lowest BCUT2D eigenvalue weighted by atomic mass is 9.70. The molecule has 1 unspecified atom stereocenters. The predicted octanol–water partition coefficient (Wildman–Crippen LogP) is 1.52. The van der Waals surface area contributed by atoms with Crippen LogP contribution in [0.15, 0.2) is 0 Å². The Labute approximate surface area is 67.6 Å². The Morgan fingerprint density at radius 3 is 2.18 bits per heavy atom. The van der Waals surface area contributed by atoms with Crippen LogP contribution in [0.25, 0.3) is 0 Å². The molecule has 0 aromatic rings. The lowest BCUT2D eigenvalue weighted by Gasteiger charge is -2.38. The molecule has 0 amide bonds. The molecule has 0 bridgehead atoms. The Morgan fingerprint density at radius 2 is 1.82 bits per heavy atom. The summed E-state index contributed by atoms with van der Waals surface area (Å²) in [6, 6.07) is 0. The van der Waals surface area contributed by atoms with Crippen LogP contribution in [0.1, 0.15) is 40.0 Å². The van der Waals surface area contributed by atoms with Crippen LogP contribution in [0, 0.1) is 5.41 Å². The predicted molar refractivity (Wildman–Crippen MR) is 43.3 cm³/mol. The maximum atomic E-state index is 11.1. The van der Waals surface area contributed by atoms with Crippen molar-refractivity contribution in [2.45, 2.75) is 45.6 Å². The zero-order valence-corrected chi connectivity index (χ0v) is 7.48. The van der Waals surface area contributed by atoms with Gasteiger partial charge in [0, 0.05) is 12.8 Å². The summed E-state index contributed by atoms with van der Waals surface area (Å²) in [5.74, 6) is 0.186. The number of aliphatic hydroxyl groups is 1. The summed E-state index contributed by atoms with van der Waals surface area (Å²) in [7, 11) is 0. The van der Waals surface area contributed by atoms with Crippen molar-refractivity contribution in [3.8, 4) is 0 Å². The lowest BCUT2D eigenvalue weighted by Crippen LogP contribution is -2.40. The standard InChI is InChI=1S/C9H16O2/c1-8(2)4-7(10)5-9(3,11)6-8/h11H,4-6H2,1-3H3. The van der Waals surface area contributed by atoms with Gasteiger partial charge in [-0.1, -0.05) is 13.8 Å². The Hall–Kier alpha value is -0.370. The fourth-order valence-electron chi connectivity index (χ4n) is 2.18. The zero-order chi connectivity index (χ0) is 8.70. The SMILES string of the molecule is CC1(C)CC(=O)CC(C)(O)C1. The highest BCUT2D eigenvalue weighted by Gasteiger charge is 2.38. The number of rotatable bonds is 0. The summed E-state index contributed by atoms with van der Waals surface area (Å²) in [5, 5.41) is 9.66. The Kier molecular flexibility index (Phi) is 1.83. The van der Waals surface area contributed by atoms with Crippen LogP contribution >= 0.6 is 0 Å². The van der Waals surface area contributed by atoms with Crippen molar-refractivity contribution in [2.75, 3.05) is 0 Å². The van der Waals surface area contributed by atoms with Crippen molar-refractivity contribution >= 4 is 5.78 Å². The van der Waals surface area contributed by atoms with Crippen molar-refractivity contribution < 1.29 is 9.90 Å². The molecule has 1 saturated carbocycles. The van der Waals surface area contributed by atoms with E-state index in [1.807, 2.05) is 13.8 Å². The monoisotopic (exact) mass is 156 g/mol. The number of carbonyl (C=O) groups excluding carboxylic acids is 1. The van der Waals surface area contributed by atoms with Crippen LogP contribution in [0.4, 0.5) is 0 Å². The van der Waals surface area contributed by atoms with Gasteiger partial charge in [-0.3, -0.25) is 4.79 Å². The highest BCUT2D eigenvalue weighted by atomic mass is 16.3. The maximum Gasteiger partial charge on any atom is 0.136 e. The van der Waals surface area contributed by atoms with Gasteiger partial charge in [0.25, 0.3) is 0 Å². The molecule has 1 N–H and O–H groups in total. The molecule has 1 rings (SSSR count). The molecule has 1 aliphatic rings. The molecule has 1 aliphatic carbocycles. The van der Waals surface area contributed by atoms with Gasteiger partial charge in [-0.25, -0.2) is 0 Å². The van der Waals surface area contributed by atoms with Gasteiger partial charge >= 0.3 is 0 Å². The minimum Gasteiger partial charge on any atom is -0.390 e. The number of hydrogen-bond acceptors (Lipinski definition) is 2. The van der Waals surface area contributed by atoms with E-state index in [0.29, 0.717) is 12.8 Å². The molecule has 0 aromatic carbocycles. The lowest BCUT2D eigenvalue weighted by molar-refractivity contribution is -0.132. The van der Waals surface area contributed by atoms with Gasteiger partial charge in [-0.2, -0.15) is 0 Å². The Morgan fingerprint density at radius 1 is 1.27 bits per heavy atom. The molecule has 0 heterocycles. The average Bonchev–Trinajstić information content (AvgIpc) is 1.49. The third-order valence-electron chi connectivity index (χ3n) is 2.11. The highest BCUT2D eigenvalue weighted by Crippen LogP contribution is 2.38. The molecule has 0 spiro atoms. The molecule has 0 aromatic heterocycles. The van der Waals surface area contributed by atoms with E-state index in [2.05, 4.69) is 0 Å². The highest BCUT2D eigenvalue weighted by molar-refractivity contribution is 5.81. The number of carbonyl (C=O) groups is 1. The Balaban J connectivity index is 2.74. The van der Waals surface area contributed by atoms with Crippen molar-refractivity contribution in [2.24, 2.45) is 5.41 Å². The molecule has 0 radical (unpaired) electrons. The number of ketones is 1. The first-order valence-corrected chi connectivity index (χ1v) is 4.05.